The Kier molecular flexibility index (Phi) is 5.20. The molecule has 0 aliphatic heterocycles. The van der Waals surface area contributed by atoms with Crippen LogP contribution in [0, 0.1) is 5.41 Å². The topological polar surface area (TPSA) is 20.2 Å². The Bertz CT molecular complexity index is 336. The number of hydrogen-bond donors (Lipinski definition) is 1. The van der Waals surface area contributed by atoms with E-state index in [4.69, 9.17) is 0 Å². The molecule has 0 amide bonds. The van der Waals surface area contributed by atoms with Crippen LogP contribution in [0.25, 0.3) is 0 Å². The van der Waals surface area contributed by atoms with Crippen LogP contribution in [0.3, 0.4) is 0 Å². The van der Waals surface area contributed by atoms with Crippen molar-refractivity contribution in [2.24, 2.45) is 5.41 Å². The van der Waals surface area contributed by atoms with Crippen molar-refractivity contribution in [1.82, 2.24) is 0 Å². The van der Waals surface area contributed by atoms with Gasteiger partial charge in [0.15, 0.2) is 0 Å². The number of aryl methyl sites for hydroxylation is 2. The highest BCUT2D eigenvalue weighted by molar-refractivity contribution is 5.23. The van der Waals surface area contributed by atoms with Crippen LogP contribution in [0.5, 0.6) is 0 Å². The predicted octanol–water partition coefficient (Wildman–Crippen LogP) is 3.98. The normalized spacial score (nSPS) is 13.7. The quantitative estimate of drug-likeness (QED) is 0.817. The van der Waals surface area contributed by atoms with Gasteiger partial charge in [-0.15, -0.1) is 0 Å². The summed E-state index contributed by atoms with van der Waals surface area (Å²) in [5.41, 5.74) is 2.75. The molecule has 96 valence electrons. The number of hydrogen-bond acceptors (Lipinski definition) is 1. The lowest BCUT2D eigenvalue weighted by molar-refractivity contribution is 0.0560. The highest BCUT2D eigenvalue weighted by Gasteiger charge is 2.21. The summed E-state index contributed by atoms with van der Waals surface area (Å²) < 4.78 is 0. The Hall–Kier alpha value is -0.820. The maximum atomic E-state index is 10.0. The van der Waals surface area contributed by atoms with Crippen LogP contribution in [0.2, 0.25) is 0 Å². The summed E-state index contributed by atoms with van der Waals surface area (Å²) in [6, 6.07) is 8.75. The summed E-state index contributed by atoms with van der Waals surface area (Å²) in [4.78, 5) is 0. The van der Waals surface area contributed by atoms with Gasteiger partial charge in [-0.3, -0.25) is 0 Å². The zero-order valence-electron chi connectivity index (χ0n) is 11.7. The average Bonchev–Trinajstić information content (AvgIpc) is 2.25. The van der Waals surface area contributed by atoms with Gasteiger partial charge in [0, 0.05) is 0 Å². The number of aliphatic hydroxyl groups is 1. The van der Waals surface area contributed by atoms with Crippen LogP contribution >= 0.6 is 0 Å². The van der Waals surface area contributed by atoms with Gasteiger partial charge in [0.05, 0.1) is 6.10 Å². The molecular weight excluding hydrogens is 208 g/mol. The van der Waals surface area contributed by atoms with Crippen LogP contribution in [0.15, 0.2) is 24.3 Å². The van der Waals surface area contributed by atoms with Crippen LogP contribution in [0.1, 0.15) is 51.7 Å². The summed E-state index contributed by atoms with van der Waals surface area (Å²) in [7, 11) is 0. The Morgan fingerprint density at radius 1 is 1.12 bits per heavy atom. The molecule has 1 heteroatoms. The molecule has 0 fully saturated rings. The second kappa shape index (κ2) is 6.20. The molecule has 0 radical (unpaired) electrons. The lowest BCUT2D eigenvalue weighted by atomic mass is 9.85. The molecule has 0 saturated carbocycles. The molecular formula is C16H26O. The van der Waals surface area contributed by atoms with Crippen molar-refractivity contribution >= 4 is 0 Å². The standard InChI is InChI=1S/C16H26O/c1-5-7-13-8-6-9-14(12-13)10-11-15(17)16(2,3)4/h6,8-9,12,15,17H,5,7,10-11H2,1-4H3. The van der Waals surface area contributed by atoms with E-state index in [0.717, 1.165) is 19.3 Å². The van der Waals surface area contributed by atoms with Gasteiger partial charge in [-0.25, -0.2) is 0 Å². The molecule has 1 rings (SSSR count). The third kappa shape index (κ3) is 4.91. The Morgan fingerprint density at radius 2 is 1.71 bits per heavy atom. The molecule has 0 bridgehead atoms. The third-order valence-electron chi connectivity index (χ3n) is 3.24. The Balaban J connectivity index is 2.54. The zero-order valence-corrected chi connectivity index (χ0v) is 11.7. The van der Waals surface area contributed by atoms with Gasteiger partial charge >= 0.3 is 0 Å². The zero-order chi connectivity index (χ0) is 12.9. The number of aliphatic hydroxyl groups excluding tert-OH is 1. The van der Waals surface area contributed by atoms with Gasteiger partial charge in [-0.1, -0.05) is 58.4 Å². The molecule has 1 atom stereocenters. The number of rotatable bonds is 5. The molecule has 1 N–H and O–H groups in total. The van der Waals surface area contributed by atoms with Gasteiger partial charge in [0.2, 0.25) is 0 Å². The molecule has 0 aliphatic carbocycles. The highest BCUT2D eigenvalue weighted by atomic mass is 16.3. The van der Waals surface area contributed by atoms with Crippen molar-refractivity contribution in [1.29, 1.82) is 0 Å². The molecule has 1 unspecified atom stereocenters. The van der Waals surface area contributed by atoms with Crippen molar-refractivity contribution in [3.8, 4) is 0 Å². The summed E-state index contributed by atoms with van der Waals surface area (Å²) in [6.45, 7) is 8.47. The van der Waals surface area contributed by atoms with Crippen LogP contribution in [-0.2, 0) is 12.8 Å². The van der Waals surface area contributed by atoms with Gasteiger partial charge in [0.25, 0.3) is 0 Å². The maximum absolute atomic E-state index is 10.0. The highest BCUT2D eigenvalue weighted by Crippen LogP contribution is 2.23. The van der Waals surface area contributed by atoms with Gasteiger partial charge < -0.3 is 5.11 Å². The fraction of sp³-hybridized carbons (Fsp3) is 0.625. The Labute approximate surface area is 106 Å². The first kappa shape index (κ1) is 14.2. The third-order valence-corrected chi connectivity index (χ3v) is 3.24. The van der Waals surface area contributed by atoms with E-state index in [-0.39, 0.29) is 11.5 Å². The largest absolute Gasteiger partial charge is 0.393 e. The summed E-state index contributed by atoms with van der Waals surface area (Å²) >= 11 is 0. The minimum atomic E-state index is -0.225. The molecule has 1 aromatic carbocycles. The molecule has 0 spiro atoms. The minimum Gasteiger partial charge on any atom is -0.393 e. The van der Waals surface area contributed by atoms with E-state index in [9.17, 15) is 5.11 Å². The van der Waals surface area contributed by atoms with Gasteiger partial charge in [-0.2, -0.15) is 0 Å². The number of benzene rings is 1. The average molecular weight is 234 g/mol. The van der Waals surface area contributed by atoms with Gasteiger partial charge in [0.1, 0.15) is 0 Å². The smallest absolute Gasteiger partial charge is 0.0591 e. The van der Waals surface area contributed by atoms with E-state index < -0.39 is 0 Å². The molecule has 0 heterocycles. The molecule has 0 saturated heterocycles. The van der Waals surface area contributed by atoms with E-state index >= 15 is 0 Å². The monoisotopic (exact) mass is 234 g/mol. The lowest BCUT2D eigenvalue weighted by Crippen LogP contribution is -2.26. The minimum absolute atomic E-state index is 0.0129. The van der Waals surface area contributed by atoms with Crippen LogP contribution in [-0.4, -0.2) is 11.2 Å². The molecule has 0 aromatic heterocycles. The van der Waals surface area contributed by atoms with Crippen molar-refractivity contribution in [3.05, 3.63) is 35.4 Å². The fourth-order valence-corrected chi connectivity index (χ4v) is 1.97. The SMILES string of the molecule is CCCc1cccc(CCC(O)C(C)(C)C)c1. The van der Waals surface area contributed by atoms with Gasteiger partial charge in [-0.05, 0) is 35.8 Å². The van der Waals surface area contributed by atoms with E-state index in [1.54, 1.807) is 0 Å². The first-order valence-electron chi connectivity index (χ1n) is 6.69. The molecule has 1 nitrogen and oxygen atoms in total. The van der Waals surface area contributed by atoms with Crippen molar-refractivity contribution in [3.63, 3.8) is 0 Å². The van der Waals surface area contributed by atoms with Crippen molar-refractivity contribution in [2.75, 3.05) is 0 Å². The van der Waals surface area contributed by atoms with E-state index in [1.165, 1.54) is 17.5 Å². The maximum Gasteiger partial charge on any atom is 0.0591 e. The molecule has 17 heavy (non-hydrogen) atoms. The fourth-order valence-electron chi connectivity index (χ4n) is 1.97. The summed E-state index contributed by atoms with van der Waals surface area (Å²) in [5, 5.41) is 10.0. The molecule has 0 aliphatic rings. The van der Waals surface area contributed by atoms with Crippen LogP contribution < -0.4 is 0 Å². The second-order valence-electron chi connectivity index (χ2n) is 5.99. The van der Waals surface area contributed by atoms with Crippen molar-refractivity contribution in [2.45, 2.75) is 59.5 Å². The first-order valence-corrected chi connectivity index (χ1v) is 6.69. The van der Waals surface area contributed by atoms with E-state index in [2.05, 4.69) is 52.0 Å². The summed E-state index contributed by atoms with van der Waals surface area (Å²) in [5.74, 6) is 0. The summed E-state index contributed by atoms with van der Waals surface area (Å²) in [6.07, 6.45) is 3.93. The first-order chi connectivity index (χ1) is 7.93. The predicted molar refractivity (Wildman–Crippen MR) is 74.2 cm³/mol. The van der Waals surface area contributed by atoms with E-state index in [0.29, 0.717) is 0 Å². The lowest BCUT2D eigenvalue weighted by Gasteiger charge is -2.25. The molecule has 1 aromatic rings. The van der Waals surface area contributed by atoms with Crippen molar-refractivity contribution < 1.29 is 5.11 Å². The van der Waals surface area contributed by atoms with E-state index in [1.807, 2.05) is 0 Å². The second-order valence-corrected chi connectivity index (χ2v) is 5.99. The van der Waals surface area contributed by atoms with Crippen LogP contribution in [0.4, 0.5) is 0 Å². The Morgan fingerprint density at radius 3 is 2.24 bits per heavy atom.